The molecule has 0 bridgehead atoms. The van der Waals surface area contributed by atoms with Crippen LogP contribution in [0.2, 0.25) is 0 Å². The van der Waals surface area contributed by atoms with Crippen LogP contribution in [-0.2, 0) is 24.7 Å². The van der Waals surface area contributed by atoms with E-state index < -0.39 is 41.2 Å². The third-order valence-corrected chi connectivity index (χ3v) is 3.54. The smallest absolute Gasteiger partial charge is 0.435 e. The van der Waals surface area contributed by atoms with Gasteiger partial charge in [0.25, 0.3) is 0 Å². The SMILES string of the molecule is COC(=O)/C=C(/Nc1ccc(C(F)(C(F)(F)F)C(F)(F)F)cc1C)C(=O)OC. The highest BCUT2D eigenvalue weighted by molar-refractivity contribution is 5.98. The summed E-state index contributed by atoms with van der Waals surface area (Å²) < 4.78 is 99.8. The number of hydrogen-bond acceptors (Lipinski definition) is 5. The Balaban J connectivity index is 3.41. The third kappa shape index (κ3) is 4.54. The Morgan fingerprint density at radius 3 is 1.89 bits per heavy atom. The van der Waals surface area contributed by atoms with Crippen molar-refractivity contribution in [1.29, 1.82) is 0 Å². The van der Waals surface area contributed by atoms with E-state index in [0.717, 1.165) is 21.1 Å². The molecule has 0 aliphatic carbocycles. The Hall–Kier alpha value is -2.79. The van der Waals surface area contributed by atoms with E-state index in [2.05, 4.69) is 14.8 Å². The summed E-state index contributed by atoms with van der Waals surface area (Å²) in [6.45, 7) is 1.08. The zero-order valence-electron chi connectivity index (χ0n) is 14.6. The number of benzene rings is 1. The fourth-order valence-corrected chi connectivity index (χ4v) is 2.08. The third-order valence-electron chi connectivity index (χ3n) is 3.54. The van der Waals surface area contributed by atoms with E-state index in [9.17, 15) is 40.3 Å². The molecule has 5 nitrogen and oxygen atoms in total. The minimum Gasteiger partial charge on any atom is -0.466 e. The average molecular weight is 417 g/mol. The van der Waals surface area contributed by atoms with Crippen LogP contribution in [-0.4, -0.2) is 38.5 Å². The molecule has 0 spiro atoms. The molecule has 0 aliphatic rings. The van der Waals surface area contributed by atoms with E-state index in [4.69, 9.17) is 0 Å². The predicted octanol–water partition coefficient (Wildman–Crippen LogP) is 3.93. The van der Waals surface area contributed by atoms with Gasteiger partial charge >= 0.3 is 30.0 Å². The summed E-state index contributed by atoms with van der Waals surface area (Å²) in [5.74, 6) is -2.06. The van der Waals surface area contributed by atoms with Gasteiger partial charge in [0.2, 0.25) is 0 Å². The summed E-state index contributed by atoms with van der Waals surface area (Å²) in [7, 11) is 1.97. The molecule has 0 atom stereocenters. The van der Waals surface area contributed by atoms with Gasteiger partial charge in [0.1, 0.15) is 5.70 Å². The van der Waals surface area contributed by atoms with Crippen molar-refractivity contribution in [3.05, 3.63) is 41.1 Å². The molecule has 0 unspecified atom stereocenters. The highest BCUT2D eigenvalue weighted by Crippen LogP contribution is 2.53. The standard InChI is InChI=1S/C16H14F7NO4/c1-8-6-9(14(17,15(18,19)20)16(21,22)23)4-5-10(8)24-11(13(26)28-3)7-12(25)27-2/h4-7,24H,1-3H3/b11-7+. The molecular formula is C16H14F7NO4. The summed E-state index contributed by atoms with van der Waals surface area (Å²) in [6.07, 6.45) is -11.9. The maximum absolute atomic E-state index is 14.1. The van der Waals surface area contributed by atoms with Gasteiger partial charge in [-0.3, -0.25) is 0 Å². The topological polar surface area (TPSA) is 64.6 Å². The monoisotopic (exact) mass is 417 g/mol. The molecule has 1 rings (SSSR count). The van der Waals surface area contributed by atoms with Crippen molar-refractivity contribution in [2.24, 2.45) is 0 Å². The lowest BCUT2D eigenvalue weighted by Crippen LogP contribution is -2.50. The number of hydrogen-bond donors (Lipinski definition) is 1. The van der Waals surface area contributed by atoms with Crippen molar-refractivity contribution < 1.29 is 49.8 Å². The number of methoxy groups -OCH3 is 2. The summed E-state index contributed by atoms with van der Waals surface area (Å²) in [5, 5.41) is 2.32. The first-order valence-electron chi connectivity index (χ1n) is 7.27. The molecule has 0 aromatic heterocycles. The molecule has 0 saturated carbocycles. The normalized spacial score (nSPS) is 13.1. The highest BCUT2D eigenvalue weighted by Gasteiger charge is 2.73. The summed E-state index contributed by atoms with van der Waals surface area (Å²) in [6, 6.07) is 1.30. The molecule has 0 heterocycles. The van der Waals surface area contributed by atoms with Gasteiger partial charge in [0.05, 0.1) is 20.3 Å². The number of carbonyl (C=O) groups excluding carboxylic acids is 2. The molecule has 1 aromatic rings. The lowest BCUT2D eigenvalue weighted by Gasteiger charge is -2.30. The van der Waals surface area contributed by atoms with E-state index in [-0.39, 0.29) is 17.3 Å². The fraction of sp³-hybridized carbons (Fsp3) is 0.375. The summed E-state index contributed by atoms with van der Waals surface area (Å²) >= 11 is 0. The molecule has 0 amide bonds. The minimum absolute atomic E-state index is 0.170. The van der Waals surface area contributed by atoms with Crippen molar-refractivity contribution in [2.75, 3.05) is 19.5 Å². The fourth-order valence-electron chi connectivity index (χ4n) is 2.08. The van der Waals surface area contributed by atoms with Gasteiger partial charge in [0, 0.05) is 11.3 Å². The van der Waals surface area contributed by atoms with Crippen LogP contribution in [0.4, 0.5) is 36.4 Å². The maximum Gasteiger partial charge on any atom is 0.435 e. The van der Waals surface area contributed by atoms with E-state index in [1.54, 1.807) is 0 Å². The second-order valence-electron chi connectivity index (χ2n) is 5.38. The number of alkyl halides is 7. The molecule has 0 aliphatic heterocycles. The van der Waals surface area contributed by atoms with Crippen LogP contribution in [0.5, 0.6) is 0 Å². The number of anilines is 1. The highest BCUT2D eigenvalue weighted by atomic mass is 19.4. The zero-order chi connectivity index (χ0) is 21.9. The Labute approximate surface area is 154 Å². The van der Waals surface area contributed by atoms with Gasteiger partial charge in [-0.1, -0.05) is 12.1 Å². The second-order valence-corrected chi connectivity index (χ2v) is 5.38. The van der Waals surface area contributed by atoms with Crippen molar-refractivity contribution in [3.8, 4) is 0 Å². The van der Waals surface area contributed by atoms with Gasteiger partial charge < -0.3 is 14.8 Å². The summed E-state index contributed by atoms with van der Waals surface area (Å²) in [5.41, 5.74) is -8.23. The number of carbonyl (C=O) groups is 2. The first-order valence-corrected chi connectivity index (χ1v) is 7.27. The Bertz CT molecular complexity index is 770. The zero-order valence-corrected chi connectivity index (χ0v) is 14.6. The van der Waals surface area contributed by atoms with Crippen LogP contribution in [0.3, 0.4) is 0 Å². The Kier molecular flexibility index (Phi) is 6.70. The van der Waals surface area contributed by atoms with E-state index in [1.165, 1.54) is 0 Å². The van der Waals surface area contributed by atoms with Crippen molar-refractivity contribution >= 4 is 17.6 Å². The number of aryl methyl sites for hydroxylation is 1. The van der Waals surface area contributed by atoms with Crippen molar-refractivity contribution in [3.63, 3.8) is 0 Å². The lowest BCUT2D eigenvalue weighted by molar-refractivity contribution is -0.348. The van der Waals surface area contributed by atoms with Gasteiger partial charge in [-0.25, -0.2) is 14.0 Å². The van der Waals surface area contributed by atoms with E-state index in [1.807, 2.05) is 0 Å². The molecular weight excluding hydrogens is 403 g/mol. The minimum atomic E-state index is -6.26. The summed E-state index contributed by atoms with van der Waals surface area (Å²) in [4.78, 5) is 22.9. The molecule has 28 heavy (non-hydrogen) atoms. The Morgan fingerprint density at radius 2 is 1.50 bits per heavy atom. The van der Waals surface area contributed by atoms with Gasteiger partial charge in [-0.15, -0.1) is 0 Å². The molecule has 156 valence electrons. The van der Waals surface area contributed by atoms with Crippen LogP contribution in [0.15, 0.2) is 30.0 Å². The number of halogens is 7. The average Bonchev–Trinajstić information content (AvgIpc) is 2.58. The van der Waals surface area contributed by atoms with Gasteiger partial charge in [-0.05, 0) is 18.6 Å². The predicted molar refractivity (Wildman–Crippen MR) is 81.8 cm³/mol. The maximum atomic E-state index is 14.1. The van der Waals surface area contributed by atoms with Crippen LogP contribution in [0.25, 0.3) is 0 Å². The van der Waals surface area contributed by atoms with Gasteiger partial charge in [0.15, 0.2) is 0 Å². The van der Waals surface area contributed by atoms with E-state index in [0.29, 0.717) is 18.2 Å². The molecule has 1 N–H and O–H groups in total. The first kappa shape index (κ1) is 23.2. The second kappa shape index (κ2) is 8.07. The molecule has 0 radical (unpaired) electrons. The molecule has 0 fully saturated rings. The number of rotatable bonds is 5. The number of nitrogens with one attached hydrogen (secondary N) is 1. The number of esters is 2. The largest absolute Gasteiger partial charge is 0.466 e. The van der Waals surface area contributed by atoms with Crippen LogP contribution in [0, 0.1) is 6.92 Å². The molecule has 0 saturated heterocycles. The quantitative estimate of drug-likeness (QED) is 0.447. The van der Waals surface area contributed by atoms with E-state index >= 15 is 0 Å². The lowest BCUT2D eigenvalue weighted by atomic mass is 9.92. The van der Waals surface area contributed by atoms with Crippen molar-refractivity contribution in [1.82, 2.24) is 0 Å². The van der Waals surface area contributed by atoms with Crippen LogP contribution in [0.1, 0.15) is 11.1 Å². The first-order chi connectivity index (χ1) is 12.7. The Morgan fingerprint density at radius 1 is 0.964 bits per heavy atom. The van der Waals surface area contributed by atoms with Crippen LogP contribution >= 0.6 is 0 Å². The van der Waals surface area contributed by atoms with Crippen molar-refractivity contribution in [2.45, 2.75) is 24.9 Å². The molecule has 1 aromatic carbocycles. The molecule has 12 heteroatoms. The van der Waals surface area contributed by atoms with Crippen LogP contribution < -0.4 is 5.32 Å². The number of ether oxygens (including phenoxy) is 2. The van der Waals surface area contributed by atoms with Gasteiger partial charge in [-0.2, -0.15) is 26.3 Å².